The average Bonchev–Trinajstić information content (AvgIpc) is 2.74. The van der Waals surface area contributed by atoms with Gasteiger partial charge in [-0.25, -0.2) is 0 Å². The predicted octanol–water partition coefficient (Wildman–Crippen LogP) is 3.38. The van der Waals surface area contributed by atoms with Crippen LogP contribution >= 0.6 is 11.6 Å². The number of nitrogens with one attached hydrogen (secondary N) is 1. The molecule has 2 unspecified atom stereocenters. The fraction of sp³-hybridized carbons (Fsp3) is 0.312. The van der Waals surface area contributed by atoms with Gasteiger partial charge in [0.05, 0.1) is 11.1 Å². The van der Waals surface area contributed by atoms with Gasteiger partial charge in [0.25, 0.3) is 0 Å². The quantitative estimate of drug-likeness (QED) is 0.867. The molecule has 98 valence electrons. The van der Waals surface area contributed by atoms with Crippen LogP contribution in [0.1, 0.15) is 28.4 Å². The van der Waals surface area contributed by atoms with E-state index in [1.165, 1.54) is 16.7 Å². The third kappa shape index (κ3) is 2.51. The highest BCUT2D eigenvalue weighted by molar-refractivity contribution is 6.21. The Hall–Kier alpha value is -1.38. The first kappa shape index (κ1) is 12.6. The van der Waals surface area contributed by atoms with Crippen molar-refractivity contribution in [3.05, 3.63) is 65.0 Å². The summed E-state index contributed by atoms with van der Waals surface area (Å²) in [7, 11) is 0. The molecule has 1 aliphatic rings. The molecule has 1 aromatic heterocycles. The van der Waals surface area contributed by atoms with Crippen LogP contribution in [-0.2, 0) is 13.0 Å². The summed E-state index contributed by atoms with van der Waals surface area (Å²) in [6, 6.07) is 12.8. The highest BCUT2D eigenvalue weighted by Crippen LogP contribution is 2.34. The zero-order chi connectivity index (χ0) is 13.2. The van der Waals surface area contributed by atoms with Gasteiger partial charge in [-0.1, -0.05) is 30.3 Å². The van der Waals surface area contributed by atoms with Crippen molar-refractivity contribution < 1.29 is 0 Å². The van der Waals surface area contributed by atoms with Gasteiger partial charge in [-0.15, -0.1) is 11.6 Å². The van der Waals surface area contributed by atoms with E-state index in [0.29, 0.717) is 0 Å². The molecule has 1 aromatic carbocycles. The SMILES string of the molecule is Cc1cccnc1CNC1c2ccccc2CC1Cl. The van der Waals surface area contributed by atoms with E-state index in [2.05, 4.69) is 47.6 Å². The second-order valence-corrected chi connectivity index (χ2v) is 5.61. The smallest absolute Gasteiger partial charge is 0.0571 e. The molecule has 0 spiro atoms. The number of fused-ring (bicyclic) bond motifs is 1. The summed E-state index contributed by atoms with van der Waals surface area (Å²) in [6.07, 6.45) is 2.78. The van der Waals surface area contributed by atoms with Gasteiger partial charge in [-0.2, -0.15) is 0 Å². The molecule has 0 bridgehead atoms. The Kier molecular flexibility index (Phi) is 3.54. The normalized spacial score (nSPS) is 21.4. The monoisotopic (exact) mass is 272 g/mol. The third-order valence-corrected chi connectivity index (χ3v) is 4.18. The largest absolute Gasteiger partial charge is 0.303 e. The van der Waals surface area contributed by atoms with Crippen LogP contribution in [0.4, 0.5) is 0 Å². The lowest BCUT2D eigenvalue weighted by atomic mass is 10.1. The molecule has 1 aliphatic carbocycles. The van der Waals surface area contributed by atoms with Crippen molar-refractivity contribution >= 4 is 11.6 Å². The predicted molar refractivity (Wildman–Crippen MR) is 78.3 cm³/mol. The van der Waals surface area contributed by atoms with E-state index in [1.807, 2.05) is 12.3 Å². The van der Waals surface area contributed by atoms with Crippen molar-refractivity contribution in [2.75, 3.05) is 0 Å². The molecule has 19 heavy (non-hydrogen) atoms. The summed E-state index contributed by atoms with van der Waals surface area (Å²) < 4.78 is 0. The minimum Gasteiger partial charge on any atom is -0.303 e. The summed E-state index contributed by atoms with van der Waals surface area (Å²) in [5.74, 6) is 0. The summed E-state index contributed by atoms with van der Waals surface area (Å²) in [6.45, 7) is 2.85. The number of pyridine rings is 1. The Morgan fingerprint density at radius 3 is 2.95 bits per heavy atom. The number of aromatic nitrogens is 1. The van der Waals surface area contributed by atoms with Crippen molar-refractivity contribution in [3.8, 4) is 0 Å². The minimum absolute atomic E-state index is 0.126. The van der Waals surface area contributed by atoms with Gasteiger partial charge in [0.1, 0.15) is 0 Å². The van der Waals surface area contributed by atoms with E-state index < -0.39 is 0 Å². The summed E-state index contributed by atoms with van der Waals surface area (Å²) in [4.78, 5) is 4.41. The number of nitrogens with zero attached hydrogens (tertiary/aromatic N) is 1. The minimum atomic E-state index is 0.126. The van der Waals surface area contributed by atoms with Gasteiger partial charge >= 0.3 is 0 Å². The first-order valence-electron chi connectivity index (χ1n) is 6.61. The molecule has 2 aromatic rings. The Morgan fingerprint density at radius 2 is 2.11 bits per heavy atom. The van der Waals surface area contributed by atoms with Crippen LogP contribution in [-0.4, -0.2) is 10.4 Å². The van der Waals surface area contributed by atoms with E-state index >= 15 is 0 Å². The molecule has 3 rings (SSSR count). The zero-order valence-corrected chi connectivity index (χ0v) is 11.7. The molecule has 1 N–H and O–H groups in total. The fourth-order valence-corrected chi connectivity index (χ4v) is 3.09. The molecule has 2 nitrogen and oxygen atoms in total. The molecule has 1 heterocycles. The molecule has 0 aliphatic heterocycles. The van der Waals surface area contributed by atoms with Crippen molar-refractivity contribution in [1.29, 1.82) is 0 Å². The molecular formula is C16H17ClN2. The van der Waals surface area contributed by atoms with Crippen molar-refractivity contribution in [1.82, 2.24) is 10.3 Å². The lowest BCUT2D eigenvalue weighted by Crippen LogP contribution is -2.26. The number of hydrogen-bond acceptors (Lipinski definition) is 2. The Balaban J connectivity index is 1.76. The molecule has 0 radical (unpaired) electrons. The number of hydrogen-bond donors (Lipinski definition) is 1. The standard InChI is InChI=1S/C16H17ClN2/c1-11-5-4-8-18-15(11)10-19-16-13-7-3-2-6-12(13)9-14(16)17/h2-8,14,16,19H,9-10H2,1H3. The van der Waals surface area contributed by atoms with Crippen molar-refractivity contribution in [2.45, 2.75) is 31.3 Å². The van der Waals surface area contributed by atoms with Crippen LogP contribution in [0.5, 0.6) is 0 Å². The maximum absolute atomic E-state index is 6.47. The fourth-order valence-electron chi connectivity index (χ4n) is 2.69. The molecule has 0 saturated carbocycles. The van der Waals surface area contributed by atoms with Gasteiger partial charge in [0.15, 0.2) is 0 Å². The third-order valence-electron chi connectivity index (χ3n) is 3.77. The molecule has 0 fully saturated rings. The van der Waals surface area contributed by atoms with Crippen LogP contribution in [0.3, 0.4) is 0 Å². The number of alkyl halides is 1. The van der Waals surface area contributed by atoms with Gasteiger partial charge < -0.3 is 5.32 Å². The topological polar surface area (TPSA) is 24.9 Å². The molecule has 3 heteroatoms. The van der Waals surface area contributed by atoms with Gasteiger partial charge in [0.2, 0.25) is 0 Å². The van der Waals surface area contributed by atoms with Crippen LogP contribution in [0.15, 0.2) is 42.6 Å². The Bertz CT molecular complexity index is 582. The van der Waals surface area contributed by atoms with Crippen LogP contribution in [0.25, 0.3) is 0 Å². The number of halogens is 1. The highest BCUT2D eigenvalue weighted by Gasteiger charge is 2.30. The number of benzene rings is 1. The zero-order valence-electron chi connectivity index (χ0n) is 10.9. The first-order valence-corrected chi connectivity index (χ1v) is 7.05. The van der Waals surface area contributed by atoms with Crippen molar-refractivity contribution in [2.24, 2.45) is 0 Å². The highest BCUT2D eigenvalue weighted by atomic mass is 35.5. The summed E-state index contributed by atoms with van der Waals surface area (Å²) >= 11 is 6.47. The van der Waals surface area contributed by atoms with Crippen molar-refractivity contribution in [3.63, 3.8) is 0 Å². The average molecular weight is 273 g/mol. The lowest BCUT2D eigenvalue weighted by Gasteiger charge is -2.17. The van der Waals surface area contributed by atoms with E-state index in [1.54, 1.807) is 0 Å². The molecule has 0 amide bonds. The second-order valence-electron chi connectivity index (χ2n) is 5.04. The summed E-state index contributed by atoms with van der Waals surface area (Å²) in [5, 5.41) is 3.68. The molecule has 0 saturated heterocycles. The number of rotatable bonds is 3. The maximum Gasteiger partial charge on any atom is 0.0571 e. The van der Waals surface area contributed by atoms with E-state index in [0.717, 1.165) is 18.7 Å². The van der Waals surface area contributed by atoms with Crippen LogP contribution < -0.4 is 5.32 Å². The summed E-state index contributed by atoms with van der Waals surface area (Å²) in [5.41, 5.74) is 5.00. The second kappa shape index (κ2) is 5.32. The molecular weight excluding hydrogens is 256 g/mol. The maximum atomic E-state index is 6.47. The van der Waals surface area contributed by atoms with E-state index in [-0.39, 0.29) is 11.4 Å². The Labute approximate surface area is 118 Å². The van der Waals surface area contributed by atoms with E-state index in [4.69, 9.17) is 11.6 Å². The van der Waals surface area contributed by atoms with Gasteiger partial charge in [0, 0.05) is 18.8 Å². The molecule has 2 atom stereocenters. The van der Waals surface area contributed by atoms with Gasteiger partial charge in [-0.3, -0.25) is 4.98 Å². The van der Waals surface area contributed by atoms with Crippen LogP contribution in [0.2, 0.25) is 0 Å². The van der Waals surface area contributed by atoms with Crippen LogP contribution in [0, 0.1) is 6.92 Å². The van der Waals surface area contributed by atoms with E-state index in [9.17, 15) is 0 Å². The first-order chi connectivity index (χ1) is 9.25. The van der Waals surface area contributed by atoms with Gasteiger partial charge in [-0.05, 0) is 36.1 Å². The lowest BCUT2D eigenvalue weighted by molar-refractivity contribution is 0.529. The number of aryl methyl sites for hydroxylation is 1. The Morgan fingerprint density at radius 1 is 1.26 bits per heavy atom.